The van der Waals surface area contributed by atoms with Gasteiger partial charge in [-0.25, -0.2) is 5.48 Å². The van der Waals surface area contributed by atoms with Crippen molar-refractivity contribution in [3.63, 3.8) is 0 Å². The Morgan fingerprint density at radius 1 is 0.711 bits per heavy atom. The van der Waals surface area contributed by atoms with Crippen LogP contribution in [0.5, 0.6) is 0 Å². The van der Waals surface area contributed by atoms with Crippen molar-refractivity contribution in [1.29, 1.82) is 0 Å². The number of carbonyl (C=O) groups excluding carboxylic acids is 1. The SMILES string of the molecule is O=C(CCc1ccc(CNCc2ccc(CN[C@](C(=O)O)(C3CCCCC3)C3CCCC3)cc2)cc1)NO. The topological polar surface area (TPSA) is 111 Å². The molecule has 7 nitrogen and oxygen atoms in total. The van der Waals surface area contributed by atoms with Gasteiger partial charge in [-0.05, 0) is 66.2 Å². The van der Waals surface area contributed by atoms with Crippen LogP contribution in [-0.2, 0) is 35.6 Å². The summed E-state index contributed by atoms with van der Waals surface area (Å²) in [5, 5.41) is 26.2. The number of carboxylic acids is 1. The fraction of sp³-hybridized carbons (Fsp3) is 0.548. The molecule has 1 atom stereocenters. The first-order valence-electron chi connectivity index (χ1n) is 14.3. The van der Waals surface area contributed by atoms with Gasteiger partial charge in [0, 0.05) is 26.1 Å². The smallest absolute Gasteiger partial charge is 0.324 e. The number of hydrogen-bond acceptors (Lipinski definition) is 5. The van der Waals surface area contributed by atoms with Gasteiger partial charge in [-0.2, -0.15) is 0 Å². The molecule has 2 fully saturated rings. The highest BCUT2D eigenvalue weighted by Crippen LogP contribution is 2.44. The van der Waals surface area contributed by atoms with E-state index in [9.17, 15) is 14.7 Å². The average molecular weight is 522 g/mol. The summed E-state index contributed by atoms with van der Waals surface area (Å²) in [7, 11) is 0. The van der Waals surface area contributed by atoms with E-state index in [0.29, 0.717) is 13.0 Å². The molecule has 0 saturated heterocycles. The van der Waals surface area contributed by atoms with Gasteiger partial charge in [0.2, 0.25) is 5.91 Å². The summed E-state index contributed by atoms with van der Waals surface area (Å²) < 4.78 is 0. The molecule has 0 aromatic heterocycles. The van der Waals surface area contributed by atoms with E-state index in [1.807, 2.05) is 12.1 Å². The highest BCUT2D eigenvalue weighted by molar-refractivity contribution is 5.80. The standard InChI is InChI=1S/C31H43N3O4/c35-29(34-38)19-18-23-10-12-24(13-11-23)20-32-21-25-14-16-26(17-15-25)22-33-31(30(36)37,28-8-4-5-9-28)27-6-2-1-3-7-27/h10-17,27-28,32-33,38H,1-9,18-22H2,(H,34,35)(H,36,37)/t31-/m1/s1. The van der Waals surface area contributed by atoms with Gasteiger partial charge in [0.1, 0.15) is 5.54 Å². The molecule has 2 aromatic carbocycles. The molecule has 0 unspecified atom stereocenters. The Kier molecular flexibility index (Phi) is 10.3. The van der Waals surface area contributed by atoms with Crippen molar-refractivity contribution in [3.8, 4) is 0 Å². The summed E-state index contributed by atoms with van der Waals surface area (Å²) in [6.45, 7) is 2.07. The van der Waals surface area contributed by atoms with E-state index in [1.165, 1.54) is 17.5 Å². The van der Waals surface area contributed by atoms with Gasteiger partial charge in [-0.15, -0.1) is 0 Å². The molecular weight excluding hydrogens is 478 g/mol. The van der Waals surface area contributed by atoms with E-state index in [2.05, 4.69) is 47.0 Å². The Balaban J connectivity index is 1.29. The number of hydroxylamine groups is 1. The maximum absolute atomic E-state index is 12.8. The van der Waals surface area contributed by atoms with Crippen LogP contribution in [0.25, 0.3) is 0 Å². The van der Waals surface area contributed by atoms with Crippen molar-refractivity contribution < 1.29 is 19.9 Å². The zero-order valence-electron chi connectivity index (χ0n) is 22.4. The largest absolute Gasteiger partial charge is 0.480 e. The van der Waals surface area contributed by atoms with Crippen molar-refractivity contribution in [2.45, 2.75) is 95.8 Å². The molecule has 4 rings (SSSR count). The van der Waals surface area contributed by atoms with Gasteiger partial charge in [0.25, 0.3) is 0 Å². The third kappa shape index (κ3) is 7.22. The van der Waals surface area contributed by atoms with E-state index >= 15 is 0 Å². The second-order valence-corrected chi connectivity index (χ2v) is 11.1. The first-order valence-corrected chi connectivity index (χ1v) is 14.3. The lowest BCUT2D eigenvalue weighted by Crippen LogP contribution is -2.61. The minimum Gasteiger partial charge on any atom is -0.480 e. The second-order valence-electron chi connectivity index (χ2n) is 11.1. The number of benzene rings is 2. The molecule has 38 heavy (non-hydrogen) atoms. The fourth-order valence-electron chi connectivity index (χ4n) is 6.50. The van der Waals surface area contributed by atoms with E-state index in [0.717, 1.165) is 75.6 Å². The van der Waals surface area contributed by atoms with Gasteiger partial charge in [-0.3, -0.25) is 20.1 Å². The van der Waals surface area contributed by atoms with Crippen molar-refractivity contribution in [2.75, 3.05) is 0 Å². The molecule has 206 valence electrons. The Morgan fingerprint density at radius 2 is 1.16 bits per heavy atom. The molecule has 2 saturated carbocycles. The van der Waals surface area contributed by atoms with Gasteiger partial charge in [0.15, 0.2) is 0 Å². The lowest BCUT2D eigenvalue weighted by Gasteiger charge is -2.44. The molecule has 0 radical (unpaired) electrons. The molecule has 0 aliphatic heterocycles. The molecule has 2 aliphatic carbocycles. The summed E-state index contributed by atoms with van der Waals surface area (Å²) in [6.07, 6.45) is 10.7. The Labute approximate surface area is 226 Å². The maximum atomic E-state index is 12.8. The predicted octanol–water partition coefficient (Wildman–Crippen LogP) is 5.10. The number of carbonyl (C=O) groups is 2. The Hall–Kier alpha value is -2.74. The molecule has 2 aromatic rings. The number of amides is 1. The van der Waals surface area contributed by atoms with E-state index < -0.39 is 11.5 Å². The molecule has 0 bridgehead atoms. The van der Waals surface area contributed by atoms with Crippen LogP contribution in [0.3, 0.4) is 0 Å². The highest BCUT2D eigenvalue weighted by Gasteiger charge is 2.51. The average Bonchev–Trinajstić information content (AvgIpc) is 3.49. The van der Waals surface area contributed by atoms with Crippen LogP contribution >= 0.6 is 0 Å². The number of aryl methyl sites for hydroxylation is 1. The van der Waals surface area contributed by atoms with Crippen LogP contribution in [0.4, 0.5) is 0 Å². The van der Waals surface area contributed by atoms with Crippen molar-refractivity contribution in [3.05, 3.63) is 70.8 Å². The van der Waals surface area contributed by atoms with Gasteiger partial charge >= 0.3 is 5.97 Å². The normalized spacial score (nSPS) is 18.2. The highest BCUT2D eigenvalue weighted by atomic mass is 16.5. The lowest BCUT2D eigenvalue weighted by atomic mass is 9.67. The Bertz CT molecular complexity index is 1030. The molecule has 0 heterocycles. The van der Waals surface area contributed by atoms with Crippen molar-refractivity contribution in [1.82, 2.24) is 16.1 Å². The van der Waals surface area contributed by atoms with Crippen LogP contribution in [0.2, 0.25) is 0 Å². The summed E-state index contributed by atoms with van der Waals surface area (Å²) in [5.41, 5.74) is 5.39. The molecule has 1 amide bonds. The lowest BCUT2D eigenvalue weighted by molar-refractivity contribution is -0.152. The van der Waals surface area contributed by atoms with Crippen LogP contribution in [0.1, 0.15) is 86.5 Å². The van der Waals surface area contributed by atoms with Crippen molar-refractivity contribution >= 4 is 11.9 Å². The Morgan fingerprint density at radius 3 is 1.63 bits per heavy atom. The molecule has 7 heteroatoms. The monoisotopic (exact) mass is 521 g/mol. The summed E-state index contributed by atoms with van der Waals surface area (Å²) >= 11 is 0. The number of rotatable bonds is 13. The minimum absolute atomic E-state index is 0.217. The number of carboxylic acid groups (broad SMARTS) is 1. The number of aliphatic carboxylic acids is 1. The predicted molar refractivity (Wildman–Crippen MR) is 147 cm³/mol. The van der Waals surface area contributed by atoms with E-state index in [1.54, 1.807) is 5.48 Å². The zero-order valence-corrected chi connectivity index (χ0v) is 22.4. The first kappa shape index (κ1) is 28.3. The zero-order chi connectivity index (χ0) is 26.8. The first-order chi connectivity index (χ1) is 18.5. The molecule has 0 spiro atoms. The quantitative estimate of drug-likeness (QED) is 0.185. The third-order valence-corrected chi connectivity index (χ3v) is 8.66. The van der Waals surface area contributed by atoms with Crippen LogP contribution in [-0.4, -0.2) is 27.7 Å². The van der Waals surface area contributed by atoms with E-state index in [4.69, 9.17) is 5.21 Å². The van der Waals surface area contributed by atoms with Crippen LogP contribution in [0.15, 0.2) is 48.5 Å². The number of hydrogen-bond donors (Lipinski definition) is 5. The summed E-state index contributed by atoms with van der Waals surface area (Å²) in [5.74, 6) is -0.590. The maximum Gasteiger partial charge on any atom is 0.324 e. The van der Waals surface area contributed by atoms with Gasteiger partial charge in [0.05, 0.1) is 0 Å². The van der Waals surface area contributed by atoms with Gasteiger partial charge in [-0.1, -0.05) is 80.6 Å². The second kappa shape index (κ2) is 13.9. The molecule has 5 N–H and O–H groups in total. The van der Waals surface area contributed by atoms with Crippen LogP contribution < -0.4 is 16.1 Å². The molecular formula is C31H43N3O4. The number of nitrogens with one attached hydrogen (secondary N) is 3. The summed E-state index contributed by atoms with van der Waals surface area (Å²) in [4.78, 5) is 24.0. The summed E-state index contributed by atoms with van der Waals surface area (Å²) in [6, 6.07) is 16.6. The van der Waals surface area contributed by atoms with Crippen LogP contribution in [0, 0.1) is 11.8 Å². The molecule has 2 aliphatic rings. The minimum atomic E-state index is -0.808. The van der Waals surface area contributed by atoms with Gasteiger partial charge < -0.3 is 10.4 Å². The fourth-order valence-corrected chi connectivity index (χ4v) is 6.50. The third-order valence-electron chi connectivity index (χ3n) is 8.66. The van der Waals surface area contributed by atoms with Crippen molar-refractivity contribution in [2.24, 2.45) is 11.8 Å². The van der Waals surface area contributed by atoms with E-state index in [-0.39, 0.29) is 24.2 Å².